The first kappa shape index (κ1) is 19.0. The number of nitrogens with zero attached hydrogens (tertiary/aromatic N) is 1. The molecule has 0 spiro atoms. The fraction of sp³-hybridized carbons (Fsp3) is 0.263. The predicted molar refractivity (Wildman–Crippen MR) is 111 cm³/mol. The number of likely N-dealkylation sites (tertiary alicyclic amines) is 1. The number of anilines is 1. The molecule has 26 heavy (non-hydrogen) atoms. The Morgan fingerprint density at radius 2 is 2.00 bits per heavy atom. The second-order valence-electron chi connectivity index (χ2n) is 6.17. The van der Waals surface area contributed by atoms with E-state index in [0.717, 1.165) is 27.7 Å². The summed E-state index contributed by atoms with van der Waals surface area (Å²) in [6.07, 6.45) is 1.57. The molecule has 7 heteroatoms. The molecule has 2 N–H and O–H groups in total. The van der Waals surface area contributed by atoms with Crippen LogP contribution in [-0.2, 0) is 17.9 Å². The van der Waals surface area contributed by atoms with Crippen LogP contribution in [0.1, 0.15) is 24.0 Å². The minimum absolute atomic E-state index is 0.210. The Bertz CT molecular complexity index is 828. The Kier molecular flexibility index (Phi) is 6.37. The zero-order valence-electron chi connectivity index (χ0n) is 14.1. The molecular weight excluding hydrogens is 465 g/mol. The van der Waals surface area contributed by atoms with Crippen molar-refractivity contribution < 1.29 is 9.59 Å². The lowest BCUT2D eigenvalue weighted by Crippen LogP contribution is -2.28. The average Bonchev–Trinajstić information content (AvgIpc) is 3.01. The fourth-order valence-electron chi connectivity index (χ4n) is 2.87. The molecule has 3 amide bonds. The lowest BCUT2D eigenvalue weighted by Gasteiger charge is -2.16. The van der Waals surface area contributed by atoms with Gasteiger partial charge in [-0.05, 0) is 58.3 Å². The van der Waals surface area contributed by atoms with Crippen molar-refractivity contribution in [1.29, 1.82) is 0 Å². The van der Waals surface area contributed by atoms with Crippen LogP contribution in [0.2, 0.25) is 5.02 Å². The molecule has 0 atom stereocenters. The minimum atomic E-state index is -0.312. The van der Waals surface area contributed by atoms with Gasteiger partial charge in [0.05, 0.1) is 10.7 Å². The number of halogens is 2. The van der Waals surface area contributed by atoms with Crippen LogP contribution in [0.15, 0.2) is 42.5 Å². The van der Waals surface area contributed by atoms with E-state index in [1.54, 1.807) is 12.1 Å². The molecular formula is C19H19ClIN3O2. The topological polar surface area (TPSA) is 61.4 Å². The van der Waals surface area contributed by atoms with Crippen LogP contribution in [0.5, 0.6) is 0 Å². The average molecular weight is 484 g/mol. The summed E-state index contributed by atoms with van der Waals surface area (Å²) in [4.78, 5) is 25.7. The van der Waals surface area contributed by atoms with Gasteiger partial charge in [-0.3, -0.25) is 4.79 Å². The van der Waals surface area contributed by atoms with E-state index in [9.17, 15) is 9.59 Å². The van der Waals surface area contributed by atoms with Crippen LogP contribution >= 0.6 is 34.2 Å². The molecule has 1 aliphatic rings. The van der Waals surface area contributed by atoms with E-state index < -0.39 is 0 Å². The molecule has 2 aromatic carbocycles. The highest BCUT2D eigenvalue weighted by molar-refractivity contribution is 14.1. The lowest BCUT2D eigenvalue weighted by molar-refractivity contribution is -0.128. The van der Waals surface area contributed by atoms with Gasteiger partial charge >= 0.3 is 6.03 Å². The Balaban J connectivity index is 1.54. The molecule has 0 radical (unpaired) electrons. The van der Waals surface area contributed by atoms with Crippen molar-refractivity contribution in [3.8, 4) is 0 Å². The van der Waals surface area contributed by atoms with Crippen molar-refractivity contribution in [1.82, 2.24) is 10.2 Å². The molecule has 1 aliphatic heterocycles. The van der Waals surface area contributed by atoms with Gasteiger partial charge in [-0.2, -0.15) is 0 Å². The first-order chi connectivity index (χ1) is 12.5. The second kappa shape index (κ2) is 8.73. The number of rotatable bonds is 5. The van der Waals surface area contributed by atoms with Gasteiger partial charge in [-0.1, -0.05) is 35.9 Å². The summed E-state index contributed by atoms with van der Waals surface area (Å²) in [5, 5.41) is 6.08. The van der Waals surface area contributed by atoms with E-state index in [-0.39, 0.29) is 11.9 Å². The molecule has 136 valence electrons. The van der Waals surface area contributed by atoms with Gasteiger partial charge in [0.25, 0.3) is 0 Å². The maximum atomic E-state index is 12.1. The number of amides is 3. The first-order valence-corrected chi connectivity index (χ1v) is 9.82. The maximum Gasteiger partial charge on any atom is 0.319 e. The molecule has 0 aromatic heterocycles. The van der Waals surface area contributed by atoms with E-state index in [1.165, 1.54) is 0 Å². The zero-order chi connectivity index (χ0) is 18.5. The fourth-order valence-corrected chi connectivity index (χ4v) is 3.77. The van der Waals surface area contributed by atoms with Gasteiger partial charge in [-0.15, -0.1) is 0 Å². The highest BCUT2D eigenvalue weighted by Gasteiger charge is 2.19. The van der Waals surface area contributed by atoms with Gasteiger partial charge in [0, 0.05) is 29.6 Å². The van der Waals surface area contributed by atoms with Crippen molar-refractivity contribution in [2.45, 2.75) is 25.9 Å². The number of hydrogen-bond acceptors (Lipinski definition) is 2. The highest BCUT2D eigenvalue weighted by Crippen LogP contribution is 2.23. The summed E-state index contributed by atoms with van der Waals surface area (Å²) < 4.78 is 1.01. The van der Waals surface area contributed by atoms with Gasteiger partial charge in [-0.25, -0.2) is 4.79 Å². The van der Waals surface area contributed by atoms with Crippen LogP contribution in [-0.4, -0.2) is 23.4 Å². The summed E-state index contributed by atoms with van der Waals surface area (Å²) in [5.74, 6) is 0.210. The monoisotopic (exact) mass is 483 g/mol. The zero-order valence-corrected chi connectivity index (χ0v) is 17.0. The minimum Gasteiger partial charge on any atom is -0.338 e. The van der Waals surface area contributed by atoms with Crippen LogP contribution in [0.3, 0.4) is 0 Å². The summed E-state index contributed by atoms with van der Waals surface area (Å²) in [7, 11) is 0. The normalized spacial score (nSPS) is 13.8. The number of carbonyl (C=O) groups is 2. The van der Waals surface area contributed by atoms with E-state index in [1.807, 2.05) is 35.2 Å². The van der Waals surface area contributed by atoms with Crippen LogP contribution in [0.4, 0.5) is 10.5 Å². The Morgan fingerprint density at radius 1 is 1.19 bits per heavy atom. The van der Waals surface area contributed by atoms with E-state index in [4.69, 9.17) is 11.6 Å². The molecule has 1 heterocycles. The molecule has 1 saturated heterocycles. The summed E-state index contributed by atoms with van der Waals surface area (Å²) >= 11 is 8.29. The molecule has 1 fully saturated rings. The summed E-state index contributed by atoms with van der Waals surface area (Å²) in [5.41, 5.74) is 2.63. The molecule has 5 nitrogen and oxygen atoms in total. The van der Waals surface area contributed by atoms with Gasteiger partial charge in [0.15, 0.2) is 0 Å². The summed E-state index contributed by atoms with van der Waals surface area (Å²) in [6, 6.07) is 13.1. The number of hydrogen-bond donors (Lipinski definition) is 2. The third-order valence-corrected chi connectivity index (χ3v) is 5.15. The summed E-state index contributed by atoms with van der Waals surface area (Å²) in [6.45, 7) is 1.84. The Hall–Kier alpha value is -1.80. The van der Waals surface area contributed by atoms with Crippen LogP contribution in [0, 0.1) is 3.57 Å². The third kappa shape index (κ3) is 5.11. The molecule has 0 aliphatic carbocycles. The lowest BCUT2D eigenvalue weighted by atomic mass is 10.1. The number of benzene rings is 2. The van der Waals surface area contributed by atoms with E-state index >= 15 is 0 Å². The van der Waals surface area contributed by atoms with Crippen molar-refractivity contribution in [3.63, 3.8) is 0 Å². The molecule has 0 bridgehead atoms. The van der Waals surface area contributed by atoms with Crippen LogP contribution in [0.25, 0.3) is 0 Å². The van der Waals surface area contributed by atoms with E-state index in [2.05, 4.69) is 33.2 Å². The maximum absolute atomic E-state index is 12.1. The standard InChI is InChI=1S/C19H19ClIN3O2/c20-16-10-15(21)6-7-17(16)23-19(26)22-11-13-3-1-4-14(9-13)12-24-8-2-5-18(24)25/h1,3-4,6-7,9-10H,2,5,8,11-12H2,(H2,22,23,26). The van der Waals surface area contributed by atoms with E-state index in [0.29, 0.717) is 30.2 Å². The Morgan fingerprint density at radius 3 is 2.73 bits per heavy atom. The second-order valence-corrected chi connectivity index (χ2v) is 7.82. The quantitative estimate of drug-likeness (QED) is 0.620. The largest absolute Gasteiger partial charge is 0.338 e. The molecule has 0 unspecified atom stereocenters. The van der Waals surface area contributed by atoms with Crippen molar-refractivity contribution in [2.75, 3.05) is 11.9 Å². The van der Waals surface area contributed by atoms with Crippen molar-refractivity contribution >= 4 is 51.8 Å². The first-order valence-electron chi connectivity index (χ1n) is 8.37. The molecule has 0 saturated carbocycles. The molecule has 2 aromatic rings. The number of nitrogens with one attached hydrogen (secondary N) is 2. The molecule has 3 rings (SSSR count). The van der Waals surface area contributed by atoms with Crippen molar-refractivity contribution in [2.24, 2.45) is 0 Å². The predicted octanol–water partition coefficient (Wildman–Crippen LogP) is 4.39. The smallest absolute Gasteiger partial charge is 0.319 e. The van der Waals surface area contributed by atoms with Gasteiger partial charge in [0.2, 0.25) is 5.91 Å². The van der Waals surface area contributed by atoms with Crippen molar-refractivity contribution in [3.05, 3.63) is 62.2 Å². The number of carbonyl (C=O) groups excluding carboxylic acids is 2. The highest BCUT2D eigenvalue weighted by atomic mass is 127. The number of urea groups is 1. The third-order valence-electron chi connectivity index (χ3n) is 4.17. The SMILES string of the molecule is O=C(NCc1cccc(CN2CCCC2=O)c1)Nc1ccc(I)cc1Cl. The Labute approximate surface area is 171 Å². The van der Waals surface area contributed by atoms with Gasteiger partial charge < -0.3 is 15.5 Å². The van der Waals surface area contributed by atoms with Gasteiger partial charge in [0.1, 0.15) is 0 Å². The van der Waals surface area contributed by atoms with Crippen LogP contribution < -0.4 is 10.6 Å².